The number of ether oxygens (including phenoxy) is 1. The van der Waals surface area contributed by atoms with Crippen LogP contribution in [-0.4, -0.2) is 27.9 Å². The third-order valence-corrected chi connectivity index (χ3v) is 3.69. The predicted octanol–water partition coefficient (Wildman–Crippen LogP) is 2.39. The smallest absolute Gasteiger partial charge is 0.331 e. The van der Waals surface area contributed by atoms with Crippen molar-refractivity contribution in [2.45, 2.75) is 13.8 Å². The third kappa shape index (κ3) is 3.14. The molecule has 8 nitrogen and oxygen atoms in total. The van der Waals surface area contributed by atoms with Gasteiger partial charge in [0.2, 0.25) is 5.91 Å². The molecule has 2 heterocycles. The monoisotopic (exact) mass is 308 g/mol. The van der Waals surface area contributed by atoms with Crippen molar-refractivity contribution < 1.29 is 14.5 Å². The second-order valence-electron chi connectivity index (χ2n) is 4.12. The third-order valence-electron chi connectivity index (χ3n) is 2.56. The molecule has 0 bridgehead atoms. The number of pyridine rings is 1. The Bertz CT molecular complexity index is 713. The van der Waals surface area contributed by atoms with Gasteiger partial charge in [0, 0.05) is 24.8 Å². The zero-order valence-corrected chi connectivity index (χ0v) is 12.4. The van der Waals surface area contributed by atoms with E-state index in [0.29, 0.717) is 21.3 Å². The van der Waals surface area contributed by atoms with Crippen LogP contribution < -0.4 is 10.1 Å². The highest BCUT2D eigenvalue weighted by Gasteiger charge is 2.20. The SMILES string of the molecule is COc1ncc(-c2sc(NC(C)=O)nc2C)cc1[N+](=O)[O-]. The summed E-state index contributed by atoms with van der Waals surface area (Å²) >= 11 is 1.23. The number of aryl methyl sites for hydroxylation is 1. The van der Waals surface area contributed by atoms with Crippen LogP contribution in [0.15, 0.2) is 12.3 Å². The van der Waals surface area contributed by atoms with Gasteiger partial charge in [-0.3, -0.25) is 14.9 Å². The lowest BCUT2D eigenvalue weighted by Gasteiger charge is -2.02. The Balaban J connectivity index is 2.47. The molecular weight excluding hydrogens is 296 g/mol. The van der Waals surface area contributed by atoms with Crippen LogP contribution in [0, 0.1) is 17.0 Å². The van der Waals surface area contributed by atoms with Crippen molar-refractivity contribution in [2.75, 3.05) is 12.4 Å². The molecule has 21 heavy (non-hydrogen) atoms. The molecule has 110 valence electrons. The number of nitro groups is 1. The first kappa shape index (κ1) is 14.9. The molecule has 0 saturated carbocycles. The van der Waals surface area contributed by atoms with Gasteiger partial charge in [0.05, 0.1) is 22.6 Å². The van der Waals surface area contributed by atoms with E-state index < -0.39 is 4.92 Å². The number of carbonyl (C=O) groups excluding carboxylic acids is 1. The minimum absolute atomic E-state index is 0.0481. The minimum Gasteiger partial charge on any atom is -0.476 e. The molecule has 1 amide bonds. The van der Waals surface area contributed by atoms with Crippen LogP contribution in [0.2, 0.25) is 0 Å². The first-order chi connectivity index (χ1) is 9.92. The van der Waals surface area contributed by atoms with Gasteiger partial charge < -0.3 is 10.1 Å². The zero-order chi connectivity index (χ0) is 15.6. The van der Waals surface area contributed by atoms with E-state index in [1.54, 1.807) is 6.92 Å². The Hall–Kier alpha value is -2.55. The number of methoxy groups -OCH3 is 1. The summed E-state index contributed by atoms with van der Waals surface area (Å²) in [6.45, 7) is 3.14. The molecule has 0 aliphatic rings. The summed E-state index contributed by atoms with van der Waals surface area (Å²) in [6.07, 6.45) is 1.48. The molecule has 2 aromatic rings. The predicted molar refractivity (Wildman–Crippen MR) is 77.6 cm³/mol. The number of anilines is 1. The second-order valence-corrected chi connectivity index (χ2v) is 5.12. The van der Waals surface area contributed by atoms with Crippen LogP contribution in [0.1, 0.15) is 12.6 Å². The molecule has 0 saturated heterocycles. The highest BCUT2D eigenvalue weighted by Crippen LogP contribution is 2.36. The van der Waals surface area contributed by atoms with Gasteiger partial charge >= 0.3 is 5.69 Å². The van der Waals surface area contributed by atoms with Crippen molar-refractivity contribution in [1.29, 1.82) is 0 Å². The van der Waals surface area contributed by atoms with Gasteiger partial charge in [0.15, 0.2) is 5.13 Å². The molecular formula is C12H12N4O4S. The molecule has 0 unspecified atom stereocenters. The van der Waals surface area contributed by atoms with Crippen LogP contribution >= 0.6 is 11.3 Å². The fraction of sp³-hybridized carbons (Fsp3) is 0.250. The van der Waals surface area contributed by atoms with Gasteiger partial charge in [-0.05, 0) is 6.92 Å². The van der Waals surface area contributed by atoms with Crippen molar-refractivity contribution in [3.8, 4) is 16.3 Å². The molecule has 0 spiro atoms. The van der Waals surface area contributed by atoms with Crippen LogP contribution in [0.4, 0.5) is 10.8 Å². The number of hydrogen-bond donors (Lipinski definition) is 1. The first-order valence-corrected chi connectivity index (χ1v) is 6.68. The molecule has 0 fully saturated rings. The van der Waals surface area contributed by atoms with Gasteiger partial charge in [0.25, 0.3) is 5.88 Å². The molecule has 1 N–H and O–H groups in total. The molecule has 0 atom stereocenters. The summed E-state index contributed by atoms with van der Waals surface area (Å²) in [5.41, 5.74) is 0.989. The summed E-state index contributed by atoms with van der Waals surface area (Å²) in [5, 5.41) is 14.0. The maximum atomic E-state index is 11.0. The Morgan fingerprint density at radius 2 is 2.24 bits per heavy atom. The number of thiazole rings is 1. The normalized spacial score (nSPS) is 10.2. The van der Waals surface area contributed by atoms with Gasteiger partial charge in [0.1, 0.15) is 0 Å². The number of nitrogens with zero attached hydrogens (tertiary/aromatic N) is 3. The zero-order valence-electron chi connectivity index (χ0n) is 11.5. The molecule has 9 heteroatoms. The number of hydrogen-bond acceptors (Lipinski definition) is 7. The molecule has 0 aliphatic heterocycles. The van der Waals surface area contributed by atoms with Gasteiger partial charge in [-0.15, -0.1) is 0 Å². The number of amides is 1. The summed E-state index contributed by atoms with van der Waals surface area (Å²) in [5.74, 6) is -0.276. The van der Waals surface area contributed by atoms with Crippen molar-refractivity contribution >= 4 is 28.1 Å². The lowest BCUT2D eigenvalue weighted by molar-refractivity contribution is -0.386. The van der Waals surface area contributed by atoms with E-state index in [1.165, 1.54) is 37.6 Å². The van der Waals surface area contributed by atoms with E-state index in [1.807, 2.05) is 0 Å². The van der Waals surface area contributed by atoms with E-state index in [0.717, 1.165) is 0 Å². The van der Waals surface area contributed by atoms with E-state index in [2.05, 4.69) is 15.3 Å². The lowest BCUT2D eigenvalue weighted by Crippen LogP contribution is -2.04. The standard InChI is InChI=1S/C12H12N4O4S/c1-6-10(21-12(14-6)15-7(2)17)8-4-9(16(18)19)11(20-3)13-5-8/h4-5H,1-3H3,(H,14,15,17). The molecule has 0 aromatic carbocycles. The highest BCUT2D eigenvalue weighted by atomic mass is 32.1. The number of rotatable bonds is 4. The van der Waals surface area contributed by atoms with Gasteiger partial charge in [-0.1, -0.05) is 11.3 Å². The van der Waals surface area contributed by atoms with Crippen LogP contribution in [0.25, 0.3) is 10.4 Å². The number of nitrogens with one attached hydrogen (secondary N) is 1. The van der Waals surface area contributed by atoms with Crippen molar-refractivity contribution in [1.82, 2.24) is 9.97 Å². The molecule has 0 radical (unpaired) electrons. The molecule has 2 aromatic heterocycles. The van der Waals surface area contributed by atoms with Crippen LogP contribution in [0.5, 0.6) is 5.88 Å². The quantitative estimate of drug-likeness (QED) is 0.686. The van der Waals surface area contributed by atoms with Crippen molar-refractivity contribution in [3.05, 3.63) is 28.1 Å². The first-order valence-electron chi connectivity index (χ1n) is 5.86. The number of carbonyl (C=O) groups is 1. The summed E-state index contributed by atoms with van der Waals surface area (Å²) < 4.78 is 4.86. The highest BCUT2D eigenvalue weighted by molar-refractivity contribution is 7.19. The number of aromatic nitrogens is 2. The summed E-state index contributed by atoms with van der Waals surface area (Å²) in [6, 6.07) is 1.38. The van der Waals surface area contributed by atoms with Gasteiger partial charge in [-0.2, -0.15) is 0 Å². The van der Waals surface area contributed by atoms with E-state index in [-0.39, 0.29) is 17.5 Å². The summed E-state index contributed by atoms with van der Waals surface area (Å²) in [7, 11) is 1.32. The maximum Gasteiger partial charge on any atom is 0.331 e. The van der Waals surface area contributed by atoms with E-state index in [9.17, 15) is 14.9 Å². The largest absolute Gasteiger partial charge is 0.476 e. The van der Waals surface area contributed by atoms with Crippen molar-refractivity contribution in [2.24, 2.45) is 0 Å². The summed E-state index contributed by atoms with van der Waals surface area (Å²) in [4.78, 5) is 30.3. The topological polar surface area (TPSA) is 107 Å². The molecule has 2 rings (SSSR count). The van der Waals surface area contributed by atoms with Gasteiger partial charge in [-0.25, -0.2) is 9.97 Å². The fourth-order valence-corrected chi connectivity index (χ4v) is 2.71. The Morgan fingerprint density at radius 1 is 1.52 bits per heavy atom. The lowest BCUT2D eigenvalue weighted by atomic mass is 10.2. The van der Waals surface area contributed by atoms with E-state index >= 15 is 0 Å². The van der Waals surface area contributed by atoms with Crippen LogP contribution in [0.3, 0.4) is 0 Å². The van der Waals surface area contributed by atoms with Crippen LogP contribution in [-0.2, 0) is 4.79 Å². The second kappa shape index (κ2) is 5.83. The average molecular weight is 308 g/mol. The Morgan fingerprint density at radius 3 is 2.81 bits per heavy atom. The average Bonchev–Trinajstić information content (AvgIpc) is 2.77. The maximum absolute atomic E-state index is 11.0. The molecule has 0 aliphatic carbocycles. The Kier molecular flexibility index (Phi) is 4.13. The minimum atomic E-state index is -0.555. The van der Waals surface area contributed by atoms with Crippen molar-refractivity contribution in [3.63, 3.8) is 0 Å². The fourth-order valence-electron chi connectivity index (χ4n) is 1.72. The van der Waals surface area contributed by atoms with E-state index in [4.69, 9.17) is 4.74 Å². The Labute approximate surface area is 124 Å².